The SMILES string of the molecule is Cc1cc(C)cc(NC(=O)[C@@H](NCc2ccc(N3CCCC3=O)cc2)c2ccccc2)c1. The average molecular weight is 428 g/mol. The van der Waals surface area contributed by atoms with E-state index >= 15 is 0 Å². The molecule has 3 aromatic carbocycles. The molecule has 32 heavy (non-hydrogen) atoms. The van der Waals surface area contributed by atoms with E-state index < -0.39 is 6.04 Å². The number of aryl methyl sites for hydroxylation is 2. The Morgan fingerprint density at radius 2 is 1.66 bits per heavy atom. The fraction of sp³-hybridized carbons (Fsp3) is 0.259. The molecule has 4 rings (SSSR count). The number of carbonyl (C=O) groups is 2. The third kappa shape index (κ3) is 5.24. The van der Waals surface area contributed by atoms with Crippen LogP contribution in [0.3, 0.4) is 0 Å². The zero-order chi connectivity index (χ0) is 22.5. The lowest BCUT2D eigenvalue weighted by Gasteiger charge is -2.20. The second-order valence-electron chi connectivity index (χ2n) is 8.41. The van der Waals surface area contributed by atoms with Crippen molar-refractivity contribution in [3.05, 3.63) is 95.1 Å². The van der Waals surface area contributed by atoms with Crippen molar-refractivity contribution in [1.29, 1.82) is 0 Å². The standard InChI is InChI=1S/C27H29N3O2/c1-19-15-20(2)17-23(16-19)29-27(32)26(22-7-4-3-5-8-22)28-18-21-10-12-24(13-11-21)30-14-6-9-25(30)31/h3-5,7-8,10-13,15-17,26,28H,6,9,14,18H2,1-2H3,(H,29,32)/t26-/m0/s1. The summed E-state index contributed by atoms with van der Waals surface area (Å²) < 4.78 is 0. The molecule has 5 heteroatoms. The Hall–Kier alpha value is -3.44. The lowest BCUT2D eigenvalue weighted by molar-refractivity contribution is -0.118. The van der Waals surface area contributed by atoms with Crippen LogP contribution in [0.5, 0.6) is 0 Å². The first kappa shape index (κ1) is 21.8. The Bertz CT molecular complexity index is 1070. The van der Waals surface area contributed by atoms with Gasteiger partial charge in [0.15, 0.2) is 0 Å². The molecule has 3 aromatic rings. The number of amides is 2. The number of nitrogens with zero attached hydrogens (tertiary/aromatic N) is 1. The first-order valence-electron chi connectivity index (χ1n) is 11.1. The minimum atomic E-state index is -0.489. The van der Waals surface area contributed by atoms with Crippen LogP contribution in [-0.2, 0) is 16.1 Å². The Kier molecular flexibility index (Phi) is 6.66. The van der Waals surface area contributed by atoms with Crippen LogP contribution in [-0.4, -0.2) is 18.4 Å². The van der Waals surface area contributed by atoms with Gasteiger partial charge in [-0.3, -0.25) is 14.9 Å². The molecule has 0 radical (unpaired) electrons. The number of rotatable bonds is 7. The van der Waals surface area contributed by atoms with E-state index in [1.807, 2.05) is 85.5 Å². The topological polar surface area (TPSA) is 61.4 Å². The summed E-state index contributed by atoms with van der Waals surface area (Å²) in [4.78, 5) is 27.0. The normalized spacial score (nSPS) is 14.4. The van der Waals surface area contributed by atoms with Gasteiger partial charge in [-0.05, 0) is 66.8 Å². The largest absolute Gasteiger partial charge is 0.324 e. The number of hydrogen-bond donors (Lipinski definition) is 2. The maximum atomic E-state index is 13.2. The quantitative estimate of drug-likeness (QED) is 0.564. The summed E-state index contributed by atoms with van der Waals surface area (Å²) in [6.45, 7) is 5.36. The van der Waals surface area contributed by atoms with Gasteiger partial charge < -0.3 is 10.2 Å². The van der Waals surface area contributed by atoms with E-state index in [1.54, 1.807) is 0 Å². The molecule has 1 aliphatic heterocycles. The van der Waals surface area contributed by atoms with Crippen molar-refractivity contribution >= 4 is 23.2 Å². The molecule has 1 fully saturated rings. The van der Waals surface area contributed by atoms with Gasteiger partial charge in [-0.25, -0.2) is 0 Å². The van der Waals surface area contributed by atoms with E-state index in [9.17, 15) is 9.59 Å². The predicted molar refractivity (Wildman–Crippen MR) is 129 cm³/mol. The van der Waals surface area contributed by atoms with Gasteiger partial charge in [0.2, 0.25) is 11.8 Å². The molecule has 0 aliphatic carbocycles. The predicted octanol–water partition coefficient (Wildman–Crippen LogP) is 4.90. The van der Waals surface area contributed by atoms with Crippen molar-refractivity contribution in [2.45, 2.75) is 39.3 Å². The van der Waals surface area contributed by atoms with Gasteiger partial charge in [-0.15, -0.1) is 0 Å². The maximum absolute atomic E-state index is 13.2. The smallest absolute Gasteiger partial charge is 0.246 e. The molecule has 0 aromatic heterocycles. The molecular weight excluding hydrogens is 398 g/mol. The lowest BCUT2D eigenvalue weighted by atomic mass is 10.0. The van der Waals surface area contributed by atoms with Gasteiger partial charge in [0.1, 0.15) is 6.04 Å². The van der Waals surface area contributed by atoms with Gasteiger partial charge in [-0.2, -0.15) is 0 Å². The molecule has 2 amide bonds. The Morgan fingerprint density at radius 3 is 2.28 bits per heavy atom. The van der Waals surface area contributed by atoms with E-state index in [4.69, 9.17) is 0 Å². The molecule has 1 aliphatic rings. The number of carbonyl (C=O) groups excluding carboxylic acids is 2. The van der Waals surface area contributed by atoms with E-state index in [2.05, 4.69) is 16.7 Å². The molecule has 0 spiro atoms. The summed E-state index contributed by atoms with van der Waals surface area (Å²) in [5, 5.41) is 6.47. The van der Waals surface area contributed by atoms with Crippen LogP contribution in [0.15, 0.2) is 72.8 Å². The molecule has 2 N–H and O–H groups in total. The minimum absolute atomic E-state index is 0.0968. The molecular formula is C27H29N3O2. The summed E-state index contributed by atoms with van der Waals surface area (Å²) >= 11 is 0. The lowest BCUT2D eigenvalue weighted by Crippen LogP contribution is -2.32. The monoisotopic (exact) mass is 427 g/mol. The molecule has 0 saturated carbocycles. The van der Waals surface area contributed by atoms with Crippen molar-refractivity contribution in [2.75, 3.05) is 16.8 Å². The highest BCUT2D eigenvalue weighted by Gasteiger charge is 2.22. The molecule has 1 atom stereocenters. The zero-order valence-corrected chi connectivity index (χ0v) is 18.6. The van der Waals surface area contributed by atoms with Crippen LogP contribution in [0, 0.1) is 13.8 Å². The van der Waals surface area contributed by atoms with Crippen molar-refractivity contribution in [1.82, 2.24) is 5.32 Å². The van der Waals surface area contributed by atoms with Crippen LogP contribution < -0.4 is 15.5 Å². The third-order valence-corrected chi connectivity index (χ3v) is 5.72. The highest BCUT2D eigenvalue weighted by Crippen LogP contribution is 2.23. The highest BCUT2D eigenvalue weighted by atomic mass is 16.2. The Labute approximate surface area is 189 Å². The number of nitrogens with one attached hydrogen (secondary N) is 2. The molecule has 1 saturated heterocycles. The summed E-state index contributed by atoms with van der Waals surface area (Å²) in [5.41, 5.74) is 5.93. The molecule has 0 unspecified atom stereocenters. The number of benzene rings is 3. The van der Waals surface area contributed by atoms with Gasteiger partial charge in [0.05, 0.1) is 0 Å². The third-order valence-electron chi connectivity index (χ3n) is 5.72. The Balaban J connectivity index is 1.47. The maximum Gasteiger partial charge on any atom is 0.246 e. The molecule has 0 bridgehead atoms. The first-order valence-corrected chi connectivity index (χ1v) is 11.1. The summed E-state index contributed by atoms with van der Waals surface area (Å²) in [7, 11) is 0. The first-order chi connectivity index (χ1) is 15.5. The molecule has 164 valence electrons. The molecule has 1 heterocycles. The second kappa shape index (κ2) is 9.79. The van der Waals surface area contributed by atoms with E-state index in [-0.39, 0.29) is 11.8 Å². The van der Waals surface area contributed by atoms with E-state index in [0.29, 0.717) is 13.0 Å². The van der Waals surface area contributed by atoms with Gasteiger partial charge in [0, 0.05) is 30.9 Å². The summed E-state index contributed by atoms with van der Waals surface area (Å²) in [5.74, 6) is 0.0866. The fourth-order valence-corrected chi connectivity index (χ4v) is 4.20. The summed E-state index contributed by atoms with van der Waals surface area (Å²) in [6, 6.07) is 23.3. The van der Waals surface area contributed by atoms with Crippen LogP contribution in [0.1, 0.15) is 41.1 Å². The average Bonchev–Trinajstić information content (AvgIpc) is 3.20. The van der Waals surface area contributed by atoms with Crippen molar-refractivity contribution in [3.63, 3.8) is 0 Å². The van der Waals surface area contributed by atoms with Crippen LogP contribution >= 0.6 is 0 Å². The van der Waals surface area contributed by atoms with Gasteiger partial charge >= 0.3 is 0 Å². The molecule has 5 nitrogen and oxygen atoms in total. The number of hydrogen-bond acceptors (Lipinski definition) is 3. The summed E-state index contributed by atoms with van der Waals surface area (Å²) in [6.07, 6.45) is 1.54. The zero-order valence-electron chi connectivity index (χ0n) is 18.6. The second-order valence-corrected chi connectivity index (χ2v) is 8.41. The highest BCUT2D eigenvalue weighted by molar-refractivity contribution is 5.96. The van der Waals surface area contributed by atoms with Crippen molar-refractivity contribution < 1.29 is 9.59 Å². The fourth-order valence-electron chi connectivity index (χ4n) is 4.20. The van der Waals surface area contributed by atoms with E-state index in [1.165, 1.54) is 0 Å². The van der Waals surface area contributed by atoms with Gasteiger partial charge in [-0.1, -0.05) is 48.5 Å². The van der Waals surface area contributed by atoms with Crippen molar-refractivity contribution in [2.24, 2.45) is 0 Å². The van der Waals surface area contributed by atoms with Gasteiger partial charge in [0.25, 0.3) is 0 Å². The van der Waals surface area contributed by atoms with Crippen LogP contribution in [0.25, 0.3) is 0 Å². The Morgan fingerprint density at radius 1 is 0.969 bits per heavy atom. The van der Waals surface area contributed by atoms with Crippen LogP contribution in [0.2, 0.25) is 0 Å². The van der Waals surface area contributed by atoms with Crippen molar-refractivity contribution in [3.8, 4) is 0 Å². The van der Waals surface area contributed by atoms with Crippen LogP contribution in [0.4, 0.5) is 11.4 Å². The minimum Gasteiger partial charge on any atom is -0.324 e. The van der Waals surface area contributed by atoms with E-state index in [0.717, 1.165) is 46.6 Å². The number of anilines is 2.